The van der Waals surface area contributed by atoms with E-state index in [1.54, 1.807) is 0 Å². The van der Waals surface area contributed by atoms with E-state index >= 15 is 0 Å². The average molecular weight is 558 g/mol. The first-order valence-corrected chi connectivity index (χ1v) is 10.8. The fraction of sp³-hybridized carbons (Fsp3) is 0.312. The molecule has 1 aliphatic heterocycles. The Bertz CT molecular complexity index is 997. The first kappa shape index (κ1) is 22.1. The third-order valence-corrected chi connectivity index (χ3v) is 10.3. The fourth-order valence-electron chi connectivity index (χ4n) is 3.91. The normalized spacial score (nSPS) is 34.8. The lowest BCUT2D eigenvalue weighted by molar-refractivity contribution is -0.143. The Labute approximate surface area is 204 Å². The van der Waals surface area contributed by atoms with Crippen molar-refractivity contribution in [2.75, 3.05) is 0 Å². The molecular weight excluding hydrogens is 552 g/mol. The number of alkyl halides is 4. The van der Waals surface area contributed by atoms with Crippen molar-refractivity contribution in [3.8, 4) is 0 Å². The van der Waals surface area contributed by atoms with Crippen LogP contribution in [0, 0.1) is 11.8 Å². The van der Waals surface area contributed by atoms with Gasteiger partial charge in [0.1, 0.15) is 9.75 Å². The summed E-state index contributed by atoms with van der Waals surface area (Å²) in [6.07, 6.45) is 0. The zero-order valence-corrected chi connectivity index (χ0v) is 19.6. The average Bonchev–Trinajstić information content (AvgIpc) is 3.02. The molecule has 2 bridgehead atoms. The van der Waals surface area contributed by atoms with E-state index in [1.807, 2.05) is 0 Å². The van der Waals surface area contributed by atoms with Gasteiger partial charge in [-0.2, -0.15) is 5.01 Å². The summed E-state index contributed by atoms with van der Waals surface area (Å²) in [6, 6.07) is 4.03. The van der Waals surface area contributed by atoms with Gasteiger partial charge in [-0.05, 0) is 18.2 Å². The molecule has 1 aromatic rings. The van der Waals surface area contributed by atoms with Gasteiger partial charge in [0.2, 0.25) is 0 Å². The molecule has 4 rings (SSSR count). The second-order valence-electron chi connectivity index (χ2n) is 6.66. The minimum absolute atomic E-state index is 0.0550. The monoisotopic (exact) mass is 554 g/mol. The van der Waals surface area contributed by atoms with Crippen molar-refractivity contribution < 1.29 is 14.4 Å². The highest BCUT2D eigenvalue weighted by molar-refractivity contribution is 6.66. The third-order valence-electron chi connectivity index (χ3n) is 5.30. The van der Waals surface area contributed by atoms with Crippen LogP contribution in [0.15, 0.2) is 28.3 Å². The lowest BCUT2D eigenvalue weighted by Crippen LogP contribution is -2.54. The summed E-state index contributed by atoms with van der Waals surface area (Å²) < 4.78 is -2.04. The molecule has 13 heteroatoms. The molecule has 0 unspecified atom stereocenters. The van der Waals surface area contributed by atoms with E-state index in [0.29, 0.717) is 5.01 Å². The molecule has 2 aliphatic carbocycles. The van der Waals surface area contributed by atoms with Crippen molar-refractivity contribution in [1.29, 1.82) is 0 Å². The molecule has 3 aliphatic rings. The van der Waals surface area contributed by atoms with Crippen molar-refractivity contribution in [3.05, 3.63) is 43.9 Å². The highest BCUT2D eigenvalue weighted by atomic mass is 35.5. The molecule has 1 saturated carbocycles. The SMILES string of the molecule is O=C(NN1C(=O)[C@H]2[C@H](C1=O)[C@@]1(Cl)C(Cl)=C(Cl)[C@@]2(Cl)C1(Cl)Cl)c1ccc(Cl)c(Cl)c1. The maximum absolute atomic E-state index is 13.0. The van der Waals surface area contributed by atoms with Crippen LogP contribution >= 0.6 is 92.8 Å². The van der Waals surface area contributed by atoms with Crippen LogP contribution in [0.4, 0.5) is 0 Å². The minimum Gasteiger partial charge on any atom is -0.272 e. The number of benzene rings is 1. The van der Waals surface area contributed by atoms with Crippen molar-refractivity contribution in [1.82, 2.24) is 10.4 Å². The van der Waals surface area contributed by atoms with Gasteiger partial charge in [-0.25, -0.2) is 0 Å². The van der Waals surface area contributed by atoms with Crippen LogP contribution in [0.3, 0.4) is 0 Å². The Balaban J connectivity index is 1.71. The molecule has 4 atom stereocenters. The fourth-order valence-corrected chi connectivity index (χ4v) is 7.14. The topological polar surface area (TPSA) is 66.5 Å². The van der Waals surface area contributed by atoms with Crippen molar-refractivity contribution in [2.24, 2.45) is 11.8 Å². The van der Waals surface area contributed by atoms with Gasteiger partial charge >= 0.3 is 0 Å². The van der Waals surface area contributed by atoms with E-state index in [9.17, 15) is 14.4 Å². The largest absolute Gasteiger partial charge is 0.272 e. The number of imide groups is 1. The van der Waals surface area contributed by atoms with Crippen LogP contribution in [-0.4, -0.2) is 36.8 Å². The number of nitrogens with zero attached hydrogens (tertiary/aromatic N) is 1. The van der Waals surface area contributed by atoms with Gasteiger partial charge in [0.15, 0.2) is 4.33 Å². The maximum Gasteiger partial charge on any atom is 0.270 e. The molecule has 0 spiro atoms. The predicted molar refractivity (Wildman–Crippen MR) is 113 cm³/mol. The Kier molecular flexibility index (Phi) is 5.10. The number of hydrogen-bond acceptors (Lipinski definition) is 3. The Morgan fingerprint density at radius 2 is 1.34 bits per heavy atom. The molecule has 29 heavy (non-hydrogen) atoms. The second kappa shape index (κ2) is 6.69. The van der Waals surface area contributed by atoms with E-state index in [2.05, 4.69) is 5.43 Å². The highest BCUT2D eigenvalue weighted by Gasteiger charge is 2.87. The number of nitrogens with one attached hydrogen (secondary N) is 1. The smallest absolute Gasteiger partial charge is 0.270 e. The van der Waals surface area contributed by atoms with Crippen molar-refractivity contribution in [2.45, 2.75) is 14.1 Å². The van der Waals surface area contributed by atoms with Gasteiger partial charge in [0.25, 0.3) is 17.7 Å². The summed E-state index contributed by atoms with van der Waals surface area (Å²) in [5, 5.41) is 0.412. The number of hydrogen-bond donors (Lipinski definition) is 1. The zero-order chi connectivity index (χ0) is 21.7. The number of rotatable bonds is 2. The lowest BCUT2D eigenvalue weighted by Gasteiger charge is -2.34. The first-order chi connectivity index (χ1) is 13.3. The van der Waals surface area contributed by atoms with Crippen molar-refractivity contribution in [3.63, 3.8) is 0 Å². The van der Waals surface area contributed by atoms with Crippen molar-refractivity contribution >= 4 is 111 Å². The van der Waals surface area contributed by atoms with Gasteiger partial charge in [0, 0.05) is 5.56 Å². The van der Waals surface area contributed by atoms with Crippen LogP contribution < -0.4 is 5.43 Å². The van der Waals surface area contributed by atoms with Gasteiger partial charge < -0.3 is 0 Å². The molecule has 1 N–H and O–H groups in total. The van der Waals surface area contributed by atoms with Crippen LogP contribution in [0.1, 0.15) is 10.4 Å². The van der Waals surface area contributed by atoms with Crippen LogP contribution in [0.2, 0.25) is 10.0 Å². The predicted octanol–water partition coefficient (Wildman–Crippen LogP) is 5.08. The number of halogens is 8. The highest BCUT2D eigenvalue weighted by Crippen LogP contribution is 2.77. The number of allylic oxidation sites excluding steroid dienone is 2. The molecule has 1 aromatic carbocycles. The number of carbonyl (C=O) groups excluding carboxylic acids is 3. The van der Waals surface area contributed by atoms with Crippen LogP contribution in [0.25, 0.3) is 0 Å². The maximum atomic E-state index is 13.0. The third kappa shape index (κ3) is 2.48. The molecular formula is C16H6Cl8N2O3. The summed E-state index contributed by atoms with van der Waals surface area (Å²) >= 11 is 50.0. The molecule has 0 radical (unpaired) electrons. The number of carbonyl (C=O) groups is 3. The Morgan fingerprint density at radius 3 is 1.79 bits per heavy atom. The van der Waals surface area contributed by atoms with E-state index in [4.69, 9.17) is 92.8 Å². The summed E-state index contributed by atoms with van der Waals surface area (Å²) in [6.45, 7) is 0. The standard InChI is InChI=1S/C16H6Cl8N2O3/c17-5-2-1-4(3-6(5)18)11(27)25-26-12(28)7-8(13(26)29)15(22)10(20)9(19)14(7,21)16(15,23)24/h1-3,7-8H,(H,25,27)/t7-,8-,14-,15-/m1/s1. The quantitative estimate of drug-likeness (QED) is 0.407. The molecule has 2 fully saturated rings. The number of amides is 3. The molecule has 1 heterocycles. The molecule has 3 amide bonds. The van der Waals surface area contributed by atoms with E-state index in [1.165, 1.54) is 18.2 Å². The summed E-state index contributed by atoms with van der Waals surface area (Å²) in [5.74, 6) is -5.22. The zero-order valence-electron chi connectivity index (χ0n) is 13.6. The van der Waals surface area contributed by atoms with Gasteiger partial charge in [-0.1, -0.05) is 69.6 Å². The Hall–Kier alpha value is -0.110. The molecule has 1 saturated heterocycles. The van der Waals surface area contributed by atoms with E-state index in [0.717, 1.165) is 0 Å². The number of fused-ring (bicyclic) bond motifs is 5. The molecule has 0 aromatic heterocycles. The summed E-state index contributed by atoms with van der Waals surface area (Å²) in [7, 11) is 0. The van der Waals surface area contributed by atoms with Crippen LogP contribution in [-0.2, 0) is 9.59 Å². The minimum atomic E-state index is -2.04. The van der Waals surface area contributed by atoms with Gasteiger partial charge in [-0.15, -0.1) is 23.2 Å². The Morgan fingerprint density at radius 1 is 0.862 bits per heavy atom. The van der Waals surface area contributed by atoms with Gasteiger partial charge in [0.05, 0.1) is 31.9 Å². The molecule has 154 valence electrons. The summed E-state index contributed by atoms with van der Waals surface area (Å²) in [5.41, 5.74) is 2.27. The summed E-state index contributed by atoms with van der Waals surface area (Å²) in [4.78, 5) is 34.7. The van der Waals surface area contributed by atoms with Gasteiger partial charge in [-0.3, -0.25) is 19.8 Å². The van der Waals surface area contributed by atoms with Crippen LogP contribution in [0.5, 0.6) is 0 Å². The second-order valence-corrected chi connectivity index (χ2v) is 10.8. The lowest BCUT2D eigenvalue weighted by atomic mass is 9.84. The first-order valence-electron chi connectivity index (χ1n) is 7.77. The van der Waals surface area contributed by atoms with E-state index in [-0.39, 0.29) is 25.7 Å². The number of hydrazine groups is 1. The van der Waals surface area contributed by atoms with E-state index < -0.39 is 43.6 Å². The molecule has 5 nitrogen and oxygen atoms in total.